The van der Waals surface area contributed by atoms with Crippen LogP contribution in [0.25, 0.3) is 0 Å². The van der Waals surface area contributed by atoms with E-state index in [0.29, 0.717) is 0 Å². The number of rotatable bonds is 1. The third-order valence-corrected chi connectivity index (χ3v) is 3.14. The molecule has 1 amide bonds. The van der Waals surface area contributed by atoms with E-state index in [1.165, 1.54) is 16.7 Å². The number of fused-ring (bicyclic) bond motifs is 1. The largest absolute Gasteiger partial charge is 0.338 e. The van der Waals surface area contributed by atoms with Crippen molar-refractivity contribution in [3.8, 4) is 0 Å². The van der Waals surface area contributed by atoms with Crippen LogP contribution in [0, 0.1) is 0 Å². The molecular weight excluding hydrogens is 186 g/mol. The lowest BCUT2D eigenvalue weighted by molar-refractivity contribution is -0.129. The molecule has 0 aromatic heterocycles. The van der Waals surface area contributed by atoms with E-state index in [9.17, 15) is 4.79 Å². The lowest BCUT2D eigenvalue weighted by atomic mass is 9.96. The molecule has 0 saturated heterocycles. The van der Waals surface area contributed by atoms with Gasteiger partial charge in [-0.3, -0.25) is 4.79 Å². The van der Waals surface area contributed by atoms with Crippen LogP contribution in [0.3, 0.4) is 0 Å². The van der Waals surface area contributed by atoms with Gasteiger partial charge in [0.25, 0.3) is 0 Å². The molecule has 0 spiro atoms. The Morgan fingerprint density at radius 3 is 2.87 bits per heavy atom. The summed E-state index contributed by atoms with van der Waals surface area (Å²) in [5, 5.41) is 0. The molecule has 0 saturated carbocycles. The van der Waals surface area contributed by atoms with Crippen molar-refractivity contribution < 1.29 is 4.79 Å². The highest BCUT2D eigenvalue weighted by atomic mass is 16.2. The first-order chi connectivity index (χ1) is 7.20. The zero-order chi connectivity index (χ0) is 10.8. The van der Waals surface area contributed by atoms with Crippen LogP contribution >= 0.6 is 0 Å². The summed E-state index contributed by atoms with van der Waals surface area (Å²) in [6, 6.07) is 6.65. The van der Waals surface area contributed by atoms with Crippen LogP contribution < -0.4 is 0 Å². The van der Waals surface area contributed by atoms with E-state index < -0.39 is 0 Å². The van der Waals surface area contributed by atoms with Gasteiger partial charge in [-0.2, -0.15) is 0 Å². The van der Waals surface area contributed by atoms with Crippen molar-refractivity contribution >= 4 is 5.91 Å². The van der Waals surface area contributed by atoms with Crippen LogP contribution in [-0.4, -0.2) is 17.4 Å². The highest BCUT2D eigenvalue weighted by molar-refractivity contribution is 5.73. The fourth-order valence-corrected chi connectivity index (χ4v) is 2.10. The van der Waals surface area contributed by atoms with Crippen LogP contribution in [-0.2, 0) is 24.2 Å². The molecule has 0 fully saturated rings. The topological polar surface area (TPSA) is 20.3 Å². The number of carbonyl (C=O) groups excluding carboxylic acids is 1. The number of amides is 1. The van der Waals surface area contributed by atoms with Gasteiger partial charge in [-0.05, 0) is 29.5 Å². The zero-order valence-corrected chi connectivity index (χ0v) is 9.42. The van der Waals surface area contributed by atoms with Gasteiger partial charge < -0.3 is 4.90 Å². The molecule has 0 N–H and O–H groups in total. The van der Waals surface area contributed by atoms with E-state index in [4.69, 9.17) is 0 Å². The van der Waals surface area contributed by atoms with E-state index in [-0.39, 0.29) is 5.91 Å². The molecule has 0 aliphatic carbocycles. The van der Waals surface area contributed by atoms with Gasteiger partial charge in [-0.25, -0.2) is 0 Å². The predicted octanol–water partition coefficient (Wildman–Crippen LogP) is 2.15. The van der Waals surface area contributed by atoms with Crippen molar-refractivity contribution in [1.29, 1.82) is 0 Å². The molecule has 1 heterocycles. The number of hydrogen-bond acceptors (Lipinski definition) is 1. The van der Waals surface area contributed by atoms with Crippen molar-refractivity contribution in [1.82, 2.24) is 4.90 Å². The smallest absolute Gasteiger partial charge is 0.219 e. The molecule has 1 aliphatic rings. The van der Waals surface area contributed by atoms with Gasteiger partial charge in [0.1, 0.15) is 0 Å². The molecule has 1 aromatic carbocycles. The maximum atomic E-state index is 11.3. The molecule has 0 radical (unpaired) electrons. The number of hydrogen-bond donors (Lipinski definition) is 0. The van der Waals surface area contributed by atoms with Crippen LogP contribution in [0.4, 0.5) is 0 Å². The molecule has 15 heavy (non-hydrogen) atoms. The molecule has 1 aliphatic heterocycles. The summed E-state index contributed by atoms with van der Waals surface area (Å²) in [5.74, 6) is 0.183. The summed E-state index contributed by atoms with van der Waals surface area (Å²) < 4.78 is 0. The Bertz CT molecular complexity index is 384. The molecular formula is C13H17NO. The minimum atomic E-state index is 0.183. The highest BCUT2D eigenvalue weighted by Gasteiger charge is 2.17. The first kappa shape index (κ1) is 10.2. The van der Waals surface area contributed by atoms with E-state index in [1.54, 1.807) is 6.92 Å². The summed E-state index contributed by atoms with van der Waals surface area (Å²) in [4.78, 5) is 13.2. The van der Waals surface area contributed by atoms with E-state index in [1.807, 2.05) is 4.90 Å². The van der Waals surface area contributed by atoms with Crippen molar-refractivity contribution in [2.24, 2.45) is 0 Å². The lowest BCUT2D eigenvalue weighted by Crippen LogP contribution is -2.34. The first-order valence-corrected chi connectivity index (χ1v) is 5.57. The first-order valence-electron chi connectivity index (χ1n) is 5.57. The molecule has 2 heteroatoms. The Morgan fingerprint density at radius 1 is 1.40 bits per heavy atom. The van der Waals surface area contributed by atoms with E-state index in [0.717, 1.165) is 25.9 Å². The second kappa shape index (κ2) is 4.05. The molecule has 1 aromatic rings. The highest BCUT2D eigenvalue weighted by Crippen LogP contribution is 2.20. The maximum Gasteiger partial charge on any atom is 0.219 e. The molecule has 0 atom stereocenters. The second-order valence-electron chi connectivity index (χ2n) is 4.15. The second-order valence-corrected chi connectivity index (χ2v) is 4.15. The molecule has 80 valence electrons. The summed E-state index contributed by atoms with van der Waals surface area (Å²) in [6.45, 7) is 5.47. The fraction of sp³-hybridized carbons (Fsp3) is 0.462. The minimum absolute atomic E-state index is 0.183. The van der Waals surface area contributed by atoms with Crippen molar-refractivity contribution in [2.75, 3.05) is 6.54 Å². The van der Waals surface area contributed by atoms with Gasteiger partial charge in [0, 0.05) is 20.0 Å². The van der Waals surface area contributed by atoms with E-state index >= 15 is 0 Å². The molecule has 0 bridgehead atoms. The lowest BCUT2D eigenvalue weighted by Gasteiger charge is -2.28. The maximum absolute atomic E-state index is 11.3. The Morgan fingerprint density at radius 2 is 2.20 bits per heavy atom. The monoisotopic (exact) mass is 203 g/mol. The normalized spacial score (nSPS) is 14.9. The summed E-state index contributed by atoms with van der Waals surface area (Å²) in [7, 11) is 0. The van der Waals surface area contributed by atoms with Crippen LogP contribution in [0.5, 0.6) is 0 Å². The number of carbonyl (C=O) groups is 1. The standard InChI is InChI=1S/C13H17NO/c1-3-11-4-5-12-6-7-14(10(2)15)9-13(12)8-11/h4-5,8H,3,6-7,9H2,1-2H3. The SMILES string of the molecule is CCc1ccc2c(c1)CN(C(C)=O)CC2. The molecule has 2 rings (SSSR count). The Kier molecular flexibility index (Phi) is 2.76. The number of nitrogens with zero attached hydrogens (tertiary/aromatic N) is 1. The summed E-state index contributed by atoms with van der Waals surface area (Å²) in [5.41, 5.74) is 4.10. The summed E-state index contributed by atoms with van der Waals surface area (Å²) >= 11 is 0. The van der Waals surface area contributed by atoms with Gasteiger partial charge in [-0.15, -0.1) is 0 Å². The average molecular weight is 203 g/mol. The zero-order valence-electron chi connectivity index (χ0n) is 9.42. The van der Waals surface area contributed by atoms with Crippen LogP contribution in [0.15, 0.2) is 18.2 Å². The van der Waals surface area contributed by atoms with Crippen LogP contribution in [0.1, 0.15) is 30.5 Å². The fourth-order valence-electron chi connectivity index (χ4n) is 2.10. The summed E-state index contributed by atoms with van der Waals surface area (Å²) in [6.07, 6.45) is 2.06. The molecule has 0 unspecified atom stereocenters. The van der Waals surface area contributed by atoms with Crippen LogP contribution in [0.2, 0.25) is 0 Å². The van der Waals surface area contributed by atoms with Gasteiger partial charge in [0.2, 0.25) is 5.91 Å². The van der Waals surface area contributed by atoms with Gasteiger partial charge >= 0.3 is 0 Å². The molecule has 2 nitrogen and oxygen atoms in total. The van der Waals surface area contributed by atoms with Crippen molar-refractivity contribution in [2.45, 2.75) is 33.2 Å². The van der Waals surface area contributed by atoms with Gasteiger partial charge in [0.05, 0.1) is 0 Å². The van der Waals surface area contributed by atoms with E-state index in [2.05, 4.69) is 25.1 Å². The minimum Gasteiger partial charge on any atom is -0.338 e. The van der Waals surface area contributed by atoms with Crippen molar-refractivity contribution in [3.05, 3.63) is 34.9 Å². The Hall–Kier alpha value is -1.31. The van der Waals surface area contributed by atoms with Gasteiger partial charge in [-0.1, -0.05) is 25.1 Å². The quantitative estimate of drug-likeness (QED) is 0.685. The third-order valence-electron chi connectivity index (χ3n) is 3.14. The van der Waals surface area contributed by atoms with Crippen molar-refractivity contribution in [3.63, 3.8) is 0 Å². The predicted molar refractivity (Wildman–Crippen MR) is 60.6 cm³/mol. The Labute approximate surface area is 90.9 Å². The number of aryl methyl sites for hydroxylation is 1. The number of benzene rings is 1. The van der Waals surface area contributed by atoms with Gasteiger partial charge in [0.15, 0.2) is 0 Å². The third kappa shape index (κ3) is 2.04. The Balaban J connectivity index is 2.27. The average Bonchev–Trinajstić information content (AvgIpc) is 2.27.